The highest BCUT2D eigenvalue weighted by Crippen LogP contribution is 2.69. The summed E-state index contributed by atoms with van der Waals surface area (Å²) in [6.45, 7) is 7.12. The minimum atomic E-state index is -0.294. The second-order valence-corrected chi connectivity index (χ2v) is 7.30. The number of primary amides is 1. The second-order valence-electron chi connectivity index (χ2n) is 7.30. The third-order valence-corrected chi connectivity index (χ3v) is 5.81. The molecule has 0 saturated heterocycles. The van der Waals surface area contributed by atoms with Crippen molar-refractivity contribution in [2.45, 2.75) is 46.0 Å². The van der Waals surface area contributed by atoms with E-state index in [0.29, 0.717) is 16.9 Å². The van der Waals surface area contributed by atoms with Crippen molar-refractivity contribution < 1.29 is 4.79 Å². The van der Waals surface area contributed by atoms with Crippen molar-refractivity contribution >= 4 is 5.91 Å². The maximum atomic E-state index is 11.7. The van der Waals surface area contributed by atoms with E-state index >= 15 is 0 Å². The number of hydrogen-bond donors (Lipinski definition) is 1. The third kappa shape index (κ3) is 1.65. The molecule has 19 heavy (non-hydrogen) atoms. The fourth-order valence-electron chi connectivity index (χ4n) is 5.05. The van der Waals surface area contributed by atoms with E-state index in [2.05, 4.69) is 26.8 Å². The Kier molecular flexibility index (Phi) is 2.57. The Morgan fingerprint density at radius 1 is 1.26 bits per heavy atom. The molecule has 2 unspecified atom stereocenters. The molecule has 2 aliphatic carbocycles. The largest absolute Gasteiger partial charge is 0.366 e. The fraction of sp³-hybridized carbons (Fsp3) is 0.588. The zero-order valence-electron chi connectivity index (χ0n) is 12.1. The predicted molar refractivity (Wildman–Crippen MR) is 76.9 cm³/mol. The van der Waals surface area contributed by atoms with Crippen LogP contribution in [0.3, 0.4) is 0 Å². The number of amides is 1. The minimum absolute atomic E-state index is 0.262. The van der Waals surface area contributed by atoms with E-state index in [9.17, 15) is 4.79 Å². The lowest BCUT2D eigenvalue weighted by atomic mass is 9.61. The molecule has 2 nitrogen and oxygen atoms in total. The molecule has 1 amide bonds. The van der Waals surface area contributed by atoms with E-state index in [1.165, 1.54) is 24.8 Å². The summed E-state index contributed by atoms with van der Waals surface area (Å²) in [5, 5.41) is 0. The summed E-state index contributed by atoms with van der Waals surface area (Å²) < 4.78 is 0. The van der Waals surface area contributed by atoms with Crippen molar-refractivity contribution in [3.63, 3.8) is 0 Å². The normalized spacial score (nSPS) is 35.5. The minimum Gasteiger partial charge on any atom is -0.366 e. The smallest absolute Gasteiger partial charge is 0.248 e. The van der Waals surface area contributed by atoms with Crippen LogP contribution in [0.25, 0.3) is 0 Å². The molecular formula is C17H23NO. The number of fused-ring (bicyclic) bond motifs is 2. The summed E-state index contributed by atoms with van der Waals surface area (Å²) in [6.07, 6.45) is 3.90. The summed E-state index contributed by atoms with van der Waals surface area (Å²) in [6, 6.07) is 7.93. The van der Waals surface area contributed by atoms with Crippen LogP contribution in [0.15, 0.2) is 24.3 Å². The highest BCUT2D eigenvalue weighted by Gasteiger charge is 2.59. The van der Waals surface area contributed by atoms with Crippen LogP contribution in [0.2, 0.25) is 0 Å². The lowest BCUT2D eigenvalue weighted by Crippen LogP contribution is -2.34. The molecule has 1 aromatic rings. The van der Waals surface area contributed by atoms with Gasteiger partial charge in [-0.15, -0.1) is 0 Å². The fourth-order valence-corrected chi connectivity index (χ4v) is 5.05. The van der Waals surface area contributed by atoms with Crippen molar-refractivity contribution in [1.29, 1.82) is 0 Å². The molecule has 0 heterocycles. The standard InChI is InChI=1S/C17H23NO/c1-16(2)11-8-9-17(3,10-11)14(16)12-6-4-5-7-13(12)15(18)19/h4-7,11,14H,8-10H2,1-3H3,(H2,18,19)/t11?,14?,17-/m1/s1. The van der Waals surface area contributed by atoms with Gasteiger partial charge in [0.25, 0.3) is 0 Å². The van der Waals surface area contributed by atoms with Gasteiger partial charge in [-0.25, -0.2) is 0 Å². The number of benzene rings is 1. The molecule has 1 aromatic carbocycles. The summed E-state index contributed by atoms with van der Waals surface area (Å²) in [5.74, 6) is 0.934. The summed E-state index contributed by atoms with van der Waals surface area (Å²) in [4.78, 5) is 11.7. The van der Waals surface area contributed by atoms with Crippen LogP contribution in [-0.4, -0.2) is 5.91 Å². The Balaban J connectivity index is 2.14. The quantitative estimate of drug-likeness (QED) is 0.862. The molecule has 102 valence electrons. The molecule has 3 atom stereocenters. The Hall–Kier alpha value is -1.31. The first kappa shape index (κ1) is 12.7. The average molecular weight is 257 g/mol. The number of carbonyl (C=O) groups excluding carboxylic acids is 1. The highest BCUT2D eigenvalue weighted by molar-refractivity contribution is 5.94. The van der Waals surface area contributed by atoms with Gasteiger partial charge in [0.05, 0.1) is 0 Å². The summed E-state index contributed by atoms with van der Waals surface area (Å²) >= 11 is 0. The molecule has 2 saturated carbocycles. The summed E-state index contributed by atoms with van der Waals surface area (Å²) in [5.41, 5.74) is 8.06. The Morgan fingerprint density at radius 3 is 2.53 bits per heavy atom. The van der Waals surface area contributed by atoms with E-state index in [4.69, 9.17) is 5.73 Å². The summed E-state index contributed by atoms with van der Waals surface area (Å²) in [7, 11) is 0. The van der Waals surface area contributed by atoms with Crippen LogP contribution < -0.4 is 5.73 Å². The molecule has 2 fully saturated rings. The van der Waals surface area contributed by atoms with Gasteiger partial charge >= 0.3 is 0 Å². The van der Waals surface area contributed by atoms with E-state index in [0.717, 1.165) is 5.92 Å². The highest BCUT2D eigenvalue weighted by atomic mass is 16.1. The van der Waals surface area contributed by atoms with Gasteiger partial charge in [0, 0.05) is 5.56 Å². The van der Waals surface area contributed by atoms with Gasteiger partial charge in [0.15, 0.2) is 0 Å². The molecule has 2 heteroatoms. The molecule has 0 aromatic heterocycles. The maximum absolute atomic E-state index is 11.7. The third-order valence-electron chi connectivity index (χ3n) is 5.81. The van der Waals surface area contributed by atoms with Gasteiger partial charge < -0.3 is 5.73 Å². The van der Waals surface area contributed by atoms with Gasteiger partial charge in [0.1, 0.15) is 0 Å². The van der Waals surface area contributed by atoms with Crippen molar-refractivity contribution in [3.8, 4) is 0 Å². The van der Waals surface area contributed by atoms with Crippen LogP contribution in [0.5, 0.6) is 0 Å². The van der Waals surface area contributed by atoms with Crippen molar-refractivity contribution in [1.82, 2.24) is 0 Å². The van der Waals surface area contributed by atoms with Crippen LogP contribution >= 0.6 is 0 Å². The molecule has 3 rings (SSSR count). The van der Waals surface area contributed by atoms with Gasteiger partial charge in [-0.05, 0) is 53.6 Å². The molecule has 2 aliphatic rings. The maximum Gasteiger partial charge on any atom is 0.248 e. The van der Waals surface area contributed by atoms with E-state index in [-0.39, 0.29) is 11.3 Å². The van der Waals surface area contributed by atoms with E-state index in [1.54, 1.807) is 0 Å². The van der Waals surface area contributed by atoms with Crippen molar-refractivity contribution in [2.75, 3.05) is 0 Å². The SMILES string of the molecule is CC1(C)C2CC[C@](C)(C2)C1c1ccccc1C(N)=O. The number of carbonyl (C=O) groups is 1. The first-order chi connectivity index (χ1) is 8.86. The lowest BCUT2D eigenvalue weighted by Gasteiger charge is -2.43. The van der Waals surface area contributed by atoms with Crippen LogP contribution in [0.4, 0.5) is 0 Å². The topological polar surface area (TPSA) is 43.1 Å². The zero-order valence-corrected chi connectivity index (χ0v) is 12.1. The van der Waals surface area contributed by atoms with Crippen LogP contribution in [-0.2, 0) is 0 Å². The van der Waals surface area contributed by atoms with Gasteiger partial charge in [-0.3, -0.25) is 4.79 Å². The predicted octanol–water partition coefficient (Wildman–Crippen LogP) is 3.72. The molecule has 0 radical (unpaired) electrons. The number of nitrogens with two attached hydrogens (primary N) is 1. The van der Waals surface area contributed by atoms with Gasteiger partial charge in [-0.1, -0.05) is 39.0 Å². The van der Waals surface area contributed by atoms with Crippen molar-refractivity contribution in [3.05, 3.63) is 35.4 Å². The second kappa shape index (κ2) is 3.84. The zero-order chi connectivity index (χ0) is 13.8. The Labute approximate surface area is 115 Å². The van der Waals surface area contributed by atoms with Gasteiger partial charge in [-0.2, -0.15) is 0 Å². The molecule has 2 N–H and O–H groups in total. The molecule has 0 spiro atoms. The number of hydrogen-bond acceptors (Lipinski definition) is 1. The van der Waals surface area contributed by atoms with Crippen LogP contribution in [0, 0.1) is 16.7 Å². The Bertz CT molecular complexity index is 529. The van der Waals surface area contributed by atoms with E-state index in [1.807, 2.05) is 18.2 Å². The Morgan fingerprint density at radius 2 is 1.95 bits per heavy atom. The average Bonchev–Trinajstić information content (AvgIpc) is 2.80. The van der Waals surface area contributed by atoms with Gasteiger partial charge in [0.2, 0.25) is 5.91 Å². The van der Waals surface area contributed by atoms with E-state index < -0.39 is 0 Å². The molecular weight excluding hydrogens is 234 g/mol. The number of rotatable bonds is 2. The van der Waals surface area contributed by atoms with Crippen LogP contribution in [0.1, 0.15) is 61.9 Å². The first-order valence-corrected chi connectivity index (χ1v) is 7.25. The van der Waals surface area contributed by atoms with Crippen molar-refractivity contribution in [2.24, 2.45) is 22.5 Å². The molecule has 2 bridgehead atoms. The molecule has 0 aliphatic heterocycles. The monoisotopic (exact) mass is 257 g/mol. The lowest BCUT2D eigenvalue weighted by molar-refractivity contribution is 0.0990. The first-order valence-electron chi connectivity index (χ1n) is 7.25.